The summed E-state index contributed by atoms with van der Waals surface area (Å²) in [6.45, 7) is 0. The average molecular weight is 426 g/mol. The molecule has 0 aliphatic carbocycles. The number of carbonyl (C=O) groups is 1. The molecule has 0 radical (unpaired) electrons. The zero-order chi connectivity index (χ0) is 22.2. The predicted octanol–water partition coefficient (Wildman–Crippen LogP) is 4.40. The monoisotopic (exact) mass is 426 g/mol. The third-order valence-corrected chi connectivity index (χ3v) is 5.50. The number of para-hydroxylation sites is 1. The van der Waals surface area contributed by atoms with Gasteiger partial charge in [-0.05, 0) is 35.9 Å². The van der Waals surface area contributed by atoms with E-state index < -0.39 is 0 Å². The van der Waals surface area contributed by atoms with E-state index in [1.165, 1.54) is 16.7 Å². The number of H-pyrrole nitrogens is 1. The lowest BCUT2D eigenvalue weighted by molar-refractivity contribution is 0.102. The molecule has 6 nitrogen and oxygen atoms in total. The molecular weight excluding hydrogens is 407 g/mol. The molecule has 2 aromatic heterocycles. The number of hydrogen-bond donors (Lipinski definition) is 2. The van der Waals surface area contributed by atoms with Crippen molar-refractivity contribution in [3.63, 3.8) is 0 Å². The van der Waals surface area contributed by atoms with Crippen LogP contribution in [0.4, 0.5) is 10.1 Å². The molecule has 0 unspecified atom stereocenters. The van der Waals surface area contributed by atoms with Gasteiger partial charge in [-0.2, -0.15) is 0 Å². The van der Waals surface area contributed by atoms with Crippen molar-refractivity contribution in [2.45, 2.75) is 6.42 Å². The van der Waals surface area contributed by atoms with E-state index in [9.17, 15) is 14.0 Å². The van der Waals surface area contributed by atoms with Gasteiger partial charge in [-0.1, -0.05) is 36.4 Å². The molecule has 3 aromatic carbocycles. The highest BCUT2D eigenvalue weighted by atomic mass is 19.1. The van der Waals surface area contributed by atoms with Crippen molar-refractivity contribution in [3.8, 4) is 0 Å². The normalized spacial score (nSPS) is 11.2. The lowest BCUT2D eigenvalue weighted by Gasteiger charge is -2.10. The van der Waals surface area contributed by atoms with E-state index in [0.717, 1.165) is 5.52 Å². The number of aromatic amines is 1. The van der Waals surface area contributed by atoms with Crippen LogP contribution < -0.4 is 10.9 Å². The Kier molecular flexibility index (Phi) is 4.78. The summed E-state index contributed by atoms with van der Waals surface area (Å²) >= 11 is 0. The number of aromatic nitrogens is 3. The maximum atomic E-state index is 14.0. The first-order valence-electron chi connectivity index (χ1n) is 10.1. The van der Waals surface area contributed by atoms with Crippen LogP contribution >= 0.6 is 0 Å². The van der Waals surface area contributed by atoms with Crippen LogP contribution in [0.15, 0.2) is 77.6 Å². The number of anilines is 1. The number of nitrogens with one attached hydrogen (secondary N) is 2. The minimum atomic E-state index is -0.371. The molecule has 0 atom stereocenters. The number of amides is 1. The highest BCUT2D eigenvalue weighted by Crippen LogP contribution is 2.22. The Hall–Kier alpha value is -4.26. The molecule has 7 heteroatoms. The summed E-state index contributed by atoms with van der Waals surface area (Å²) in [5.41, 5.74) is 3.30. The number of benzene rings is 3. The maximum Gasteiger partial charge on any atom is 0.256 e. The Labute approximate surface area is 182 Å². The molecule has 0 bridgehead atoms. The number of hydrogen-bond acceptors (Lipinski definition) is 3. The number of imidazole rings is 1. The summed E-state index contributed by atoms with van der Waals surface area (Å²) in [6, 6.07) is 20.5. The van der Waals surface area contributed by atoms with Crippen molar-refractivity contribution < 1.29 is 9.18 Å². The summed E-state index contributed by atoms with van der Waals surface area (Å²) in [4.78, 5) is 33.0. The molecule has 0 saturated carbocycles. The highest BCUT2D eigenvalue weighted by molar-refractivity contribution is 6.12. The van der Waals surface area contributed by atoms with Crippen molar-refractivity contribution in [1.82, 2.24) is 14.5 Å². The summed E-state index contributed by atoms with van der Waals surface area (Å²) in [6.07, 6.45) is 0.336. The van der Waals surface area contributed by atoms with Gasteiger partial charge in [0.05, 0.1) is 22.1 Å². The van der Waals surface area contributed by atoms with E-state index in [0.29, 0.717) is 45.5 Å². The summed E-state index contributed by atoms with van der Waals surface area (Å²) in [5, 5.41) is 3.56. The number of nitrogens with zero attached hydrogens (tertiary/aromatic N) is 2. The third-order valence-electron chi connectivity index (χ3n) is 5.50. The van der Waals surface area contributed by atoms with Crippen LogP contribution in [0.25, 0.3) is 21.9 Å². The second-order valence-electron chi connectivity index (χ2n) is 7.61. The van der Waals surface area contributed by atoms with Crippen LogP contribution in [0.2, 0.25) is 0 Å². The fraction of sp³-hybridized carbons (Fsp3) is 0.0800. The molecular formula is C25H19FN4O2. The summed E-state index contributed by atoms with van der Waals surface area (Å²) in [5.74, 6) is -0.0161. The van der Waals surface area contributed by atoms with Crippen LogP contribution in [-0.2, 0) is 13.5 Å². The van der Waals surface area contributed by atoms with Gasteiger partial charge in [-0.25, -0.2) is 9.37 Å². The number of rotatable bonds is 4. The molecule has 0 saturated heterocycles. The van der Waals surface area contributed by atoms with Gasteiger partial charge < -0.3 is 14.9 Å². The molecule has 0 aliphatic rings. The number of fused-ring (bicyclic) bond motifs is 2. The average Bonchev–Trinajstić information content (AvgIpc) is 3.19. The third kappa shape index (κ3) is 3.54. The first kappa shape index (κ1) is 19.7. The first-order chi connectivity index (χ1) is 15.5. The van der Waals surface area contributed by atoms with E-state index in [2.05, 4.69) is 15.3 Å². The maximum absolute atomic E-state index is 14.0. The fourth-order valence-corrected chi connectivity index (χ4v) is 3.84. The lowest BCUT2D eigenvalue weighted by atomic mass is 10.1. The van der Waals surface area contributed by atoms with E-state index in [1.54, 1.807) is 49.5 Å². The van der Waals surface area contributed by atoms with Crippen LogP contribution in [0.3, 0.4) is 0 Å². The second-order valence-corrected chi connectivity index (χ2v) is 7.61. The van der Waals surface area contributed by atoms with Gasteiger partial charge in [0.25, 0.3) is 11.5 Å². The molecule has 0 spiro atoms. The minimum absolute atomic E-state index is 0.254. The Morgan fingerprint density at radius 1 is 1.06 bits per heavy atom. The van der Waals surface area contributed by atoms with Gasteiger partial charge in [0, 0.05) is 30.6 Å². The van der Waals surface area contributed by atoms with Gasteiger partial charge in [0.15, 0.2) is 0 Å². The smallest absolute Gasteiger partial charge is 0.256 e. The minimum Gasteiger partial charge on any atom is -0.342 e. The molecule has 5 aromatic rings. The molecule has 0 aliphatic heterocycles. The fourth-order valence-electron chi connectivity index (χ4n) is 3.84. The van der Waals surface area contributed by atoms with Crippen molar-refractivity contribution in [1.29, 1.82) is 0 Å². The van der Waals surface area contributed by atoms with Crippen molar-refractivity contribution in [3.05, 3.63) is 106 Å². The molecule has 32 heavy (non-hydrogen) atoms. The number of halogens is 1. The van der Waals surface area contributed by atoms with Gasteiger partial charge >= 0.3 is 0 Å². The standard InChI is InChI=1S/C25H19FN4O2/c1-30-22-9-5-3-7-17(22)18(14-24(30)31)25(32)27-16-10-11-20-21(13-16)29-23(28-20)12-15-6-2-4-8-19(15)26/h2-11,13-14H,12H2,1H3,(H,27,32)(H,28,29). The molecule has 2 heterocycles. The topological polar surface area (TPSA) is 79.8 Å². The zero-order valence-corrected chi connectivity index (χ0v) is 17.2. The summed E-state index contributed by atoms with van der Waals surface area (Å²) in [7, 11) is 1.68. The van der Waals surface area contributed by atoms with E-state index in [-0.39, 0.29) is 17.3 Å². The Bertz CT molecular complexity index is 1550. The Morgan fingerprint density at radius 2 is 1.84 bits per heavy atom. The quantitative estimate of drug-likeness (QED) is 0.447. The lowest BCUT2D eigenvalue weighted by Crippen LogP contribution is -2.21. The second kappa shape index (κ2) is 7.77. The summed E-state index contributed by atoms with van der Waals surface area (Å²) < 4.78 is 15.5. The Balaban J connectivity index is 1.44. The largest absolute Gasteiger partial charge is 0.342 e. The first-order valence-corrected chi connectivity index (χ1v) is 10.1. The molecule has 5 rings (SSSR count). The van der Waals surface area contributed by atoms with Crippen molar-refractivity contribution in [2.75, 3.05) is 5.32 Å². The molecule has 158 valence electrons. The zero-order valence-electron chi connectivity index (χ0n) is 17.2. The van der Waals surface area contributed by atoms with E-state index >= 15 is 0 Å². The molecule has 0 fully saturated rings. The van der Waals surface area contributed by atoms with Crippen LogP contribution in [0.1, 0.15) is 21.7 Å². The number of aryl methyl sites for hydroxylation is 1. The SMILES string of the molecule is Cn1c(=O)cc(C(=O)Nc2ccc3nc(Cc4ccccc4F)[nH]c3c2)c2ccccc21. The van der Waals surface area contributed by atoms with Crippen LogP contribution in [-0.4, -0.2) is 20.4 Å². The number of pyridine rings is 1. The van der Waals surface area contributed by atoms with Gasteiger partial charge in [-0.3, -0.25) is 9.59 Å². The van der Waals surface area contributed by atoms with Gasteiger partial charge in [0.1, 0.15) is 11.6 Å². The van der Waals surface area contributed by atoms with Crippen LogP contribution in [0.5, 0.6) is 0 Å². The van der Waals surface area contributed by atoms with Crippen molar-refractivity contribution >= 4 is 33.5 Å². The highest BCUT2D eigenvalue weighted by Gasteiger charge is 2.14. The number of carbonyl (C=O) groups excluding carboxylic acids is 1. The molecule has 1 amide bonds. The van der Waals surface area contributed by atoms with E-state index in [4.69, 9.17) is 0 Å². The van der Waals surface area contributed by atoms with Gasteiger partial charge in [-0.15, -0.1) is 0 Å². The van der Waals surface area contributed by atoms with E-state index in [1.807, 2.05) is 18.2 Å². The Morgan fingerprint density at radius 3 is 2.69 bits per heavy atom. The van der Waals surface area contributed by atoms with Crippen LogP contribution in [0, 0.1) is 5.82 Å². The predicted molar refractivity (Wildman–Crippen MR) is 122 cm³/mol. The van der Waals surface area contributed by atoms with Gasteiger partial charge in [0.2, 0.25) is 0 Å². The van der Waals surface area contributed by atoms with Crippen molar-refractivity contribution in [2.24, 2.45) is 7.05 Å². The molecule has 2 N–H and O–H groups in total.